The van der Waals surface area contributed by atoms with Gasteiger partial charge in [0, 0.05) is 55.4 Å². The number of hydrogen-bond donors (Lipinski definition) is 1. The van der Waals surface area contributed by atoms with Crippen molar-refractivity contribution in [1.82, 2.24) is 14.4 Å². The smallest absolute Gasteiger partial charge is 0.255 e. The topological polar surface area (TPSA) is 71.6 Å². The molecule has 2 aliphatic rings. The van der Waals surface area contributed by atoms with Crippen LogP contribution >= 0.6 is 0 Å². The minimum Gasteiger partial charge on any atom is -0.366 e. The summed E-state index contributed by atoms with van der Waals surface area (Å²) in [5.41, 5.74) is 8.80. The molecule has 0 aliphatic carbocycles. The molecule has 6 nitrogen and oxygen atoms in total. The van der Waals surface area contributed by atoms with Crippen LogP contribution in [-0.4, -0.2) is 45.3 Å². The van der Waals surface area contributed by atoms with Gasteiger partial charge in [-0.1, -0.05) is 18.2 Å². The molecule has 7 heteroatoms. The van der Waals surface area contributed by atoms with E-state index in [9.17, 15) is 14.0 Å². The number of fused-ring (bicyclic) bond motifs is 2. The lowest BCUT2D eigenvalue weighted by Gasteiger charge is -2.36. The third-order valence-electron chi connectivity index (χ3n) is 7.04. The number of aromatic nitrogens is 1. The summed E-state index contributed by atoms with van der Waals surface area (Å²) in [4.78, 5) is 29.1. The number of benzene rings is 2. The standard InChI is InChI=1S/C26H29FN4O2/c1-16(2)30-15-18(21-5-3-4-6-23(21)30)13-29-9-7-20(8-10-29)31-14-17-11-19(27)12-22(25(28)32)24(17)26(31)33/h3-6,11-12,15-16,20H,7-10,13-14H2,1-2H3,(H2,28,32). The van der Waals surface area contributed by atoms with E-state index in [1.165, 1.54) is 22.5 Å². The van der Waals surface area contributed by atoms with Crippen LogP contribution in [0.5, 0.6) is 0 Å². The molecule has 0 atom stereocenters. The SMILES string of the molecule is CC(C)n1cc(CN2CCC(N3Cc4cc(F)cc(C(N)=O)c4C3=O)CC2)c2ccccc21. The Labute approximate surface area is 192 Å². The number of nitrogens with two attached hydrogens (primary N) is 1. The first-order valence-electron chi connectivity index (χ1n) is 11.6. The first-order valence-corrected chi connectivity index (χ1v) is 11.6. The first-order chi connectivity index (χ1) is 15.8. The molecule has 1 aromatic heterocycles. The number of rotatable bonds is 5. The fraction of sp³-hybridized carbons (Fsp3) is 0.385. The highest BCUT2D eigenvalue weighted by atomic mass is 19.1. The van der Waals surface area contributed by atoms with Crippen molar-refractivity contribution in [2.75, 3.05) is 13.1 Å². The lowest BCUT2D eigenvalue weighted by molar-refractivity contribution is 0.0588. The Hall–Kier alpha value is -3.19. The molecule has 33 heavy (non-hydrogen) atoms. The van der Waals surface area contributed by atoms with E-state index < -0.39 is 11.7 Å². The van der Waals surface area contributed by atoms with Crippen molar-refractivity contribution in [3.63, 3.8) is 0 Å². The van der Waals surface area contributed by atoms with Gasteiger partial charge in [0.25, 0.3) is 5.91 Å². The number of primary amides is 1. The van der Waals surface area contributed by atoms with Crippen LogP contribution in [0.25, 0.3) is 10.9 Å². The molecule has 172 valence electrons. The van der Waals surface area contributed by atoms with Crippen LogP contribution in [0.15, 0.2) is 42.6 Å². The molecule has 2 N–H and O–H groups in total. The summed E-state index contributed by atoms with van der Waals surface area (Å²) in [7, 11) is 0. The van der Waals surface area contributed by atoms with Gasteiger partial charge in [-0.15, -0.1) is 0 Å². The Bertz CT molecular complexity index is 1240. The van der Waals surface area contributed by atoms with Crippen molar-refractivity contribution in [2.45, 2.75) is 51.9 Å². The van der Waals surface area contributed by atoms with Gasteiger partial charge in [-0.25, -0.2) is 4.39 Å². The van der Waals surface area contributed by atoms with E-state index in [2.05, 4.69) is 53.8 Å². The van der Waals surface area contributed by atoms with E-state index >= 15 is 0 Å². The third kappa shape index (κ3) is 3.80. The Morgan fingerprint density at radius 2 is 1.91 bits per heavy atom. The van der Waals surface area contributed by atoms with Gasteiger partial charge in [-0.05, 0) is 56.0 Å². The summed E-state index contributed by atoms with van der Waals surface area (Å²) in [5.74, 6) is -1.51. The number of likely N-dealkylation sites (tertiary alicyclic amines) is 1. The molecule has 1 saturated heterocycles. The second-order valence-electron chi connectivity index (χ2n) is 9.46. The average molecular weight is 449 g/mol. The van der Waals surface area contributed by atoms with Crippen LogP contribution in [0, 0.1) is 5.82 Å². The number of para-hydroxylation sites is 1. The molecule has 0 saturated carbocycles. The van der Waals surface area contributed by atoms with Crippen LogP contribution < -0.4 is 5.73 Å². The predicted molar refractivity (Wildman–Crippen MR) is 125 cm³/mol. The lowest BCUT2D eigenvalue weighted by Crippen LogP contribution is -2.44. The summed E-state index contributed by atoms with van der Waals surface area (Å²) in [5, 5.41) is 1.29. The lowest BCUT2D eigenvalue weighted by atomic mass is 10.0. The second kappa shape index (κ2) is 8.30. The molecule has 1 fully saturated rings. The number of halogens is 1. The van der Waals surface area contributed by atoms with Crippen LogP contribution in [-0.2, 0) is 13.1 Å². The fourth-order valence-electron chi connectivity index (χ4n) is 5.39. The molecular weight excluding hydrogens is 419 g/mol. The van der Waals surface area contributed by atoms with Crippen molar-refractivity contribution in [3.05, 3.63) is 70.7 Å². The number of piperidine rings is 1. The molecule has 0 spiro atoms. The normalized spacial score (nSPS) is 17.3. The van der Waals surface area contributed by atoms with E-state index in [4.69, 9.17) is 5.73 Å². The van der Waals surface area contributed by atoms with Gasteiger partial charge < -0.3 is 15.2 Å². The molecule has 3 heterocycles. The zero-order valence-electron chi connectivity index (χ0n) is 19.1. The monoisotopic (exact) mass is 448 g/mol. The molecular formula is C26H29FN4O2. The zero-order valence-corrected chi connectivity index (χ0v) is 19.1. The van der Waals surface area contributed by atoms with Gasteiger partial charge in [0.1, 0.15) is 5.82 Å². The maximum atomic E-state index is 14.0. The number of carbonyl (C=O) groups is 2. The maximum Gasteiger partial charge on any atom is 0.255 e. The van der Waals surface area contributed by atoms with Gasteiger partial charge >= 0.3 is 0 Å². The zero-order chi connectivity index (χ0) is 23.3. The molecule has 2 aromatic carbocycles. The molecule has 2 amide bonds. The van der Waals surface area contributed by atoms with Crippen LogP contribution in [0.3, 0.4) is 0 Å². The summed E-state index contributed by atoms with van der Waals surface area (Å²) in [6.45, 7) is 7.35. The summed E-state index contributed by atoms with van der Waals surface area (Å²) in [6, 6.07) is 11.4. The van der Waals surface area contributed by atoms with Crippen molar-refractivity contribution in [1.29, 1.82) is 0 Å². The Morgan fingerprint density at radius 1 is 1.18 bits per heavy atom. The Balaban J connectivity index is 1.29. The van der Waals surface area contributed by atoms with Crippen molar-refractivity contribution < 1.29 is 14.0 Å². The minimum atomic E-state index is -0.767. The molecule has 3 aromatic rings. The van der Waals surface area contributed by atoms with E-state index in [0.717, 1.165) is 38.5 Å². The van der Waals surface area contributed by atoms with Gasteiger partial charge in [0.05, 0.1) is 11.1 Å². The van der Waals surface area contributed by atoms with Crippen LogP contribution in [0.4, 0.5) is 4.39 Å². The summed E-state index contributed by atoms with van der Waals surface area (Å²) in [6.07, 6.45) is 3.95. The third-order valence-corrected chi connectivity index (χ3v) is 7.04. The second-order valence-corrected chi connectivity index (χ2v) is 9.46. The maximum absolute atomic E-state index is 14.0. The van der Waals surface area contributed by atoms with E-state index in [-0.39, 0.29) is 23.1 Å². The summed E-state index contributed by atoms with van der Waals surface area (Å²) >= 11 is 0. The van der Waals surface area contributed by atoms with E-state index in [1.54, 1.807) is 4.90 Å². The number of nitrogens with zero attached hydrogens (tertiary/aromatic N) is 3. The van der Waals surface area contributed by atoms with Gasteiger partial charge in [0.2, 0.25) is 5.91 Å². The quantitative estimate of drug-likeness (QED) is 0.639. The summed E-state index contributed by atoms with van der Waals surface area (Å²) < 4.78 is 16.3. The highest BCUT2D eigenvalue weighted by Crippen LogP contribution is 2.32. The van der Waals surface area contributed by atoms with Crippen molar-refractivity contribution in [2.24, 2.45) is 5.73 Å². The first kappa shape index (κ1) is 21.6. The van der Waals surface area contributed by atoms with Crippen molar-refractivity contribution >= 4 is 22.7 Å². The van der Waals surface area contributed by atoms with Crippen LogP contribution in [0.1, 0.15) is 64.6 Å². The van der Waals surface area contributed by atoms with Crippen LogP contribution in [0.2, 0.25) is 0 Å². The average Bonchev–Trinajstić information content (AvgIpc) is 3.32. The molecule has 2 aliphatic heterocycles. The number of carbonyl (C=O) groups excluding carboxylic acids is 2. The minimum absolute atomic E-state index is 0.0171. The Kier molecular flexibility index (Phi) is 5.44. The van der Waals surface area contributed by atoms with E-state index in [0.29, 0.717) is 18.2 Å². The van der Waals surface area contributed by atoms with Gasteiger partial charge in [-0.2, -0.15) is 0 Å². The largest absolute Gasteiger partial charge is 0.366 e. The molecule has 0 bridgehead atoms. The highest BCUT2D eigenvalue weighted by molar-refractivity contribution is 6.09. The fourth-order valence-corrected chi connectivity index (χ4v) is 5.39. The van der Waals surface area contributed by atoms with Gasteiger partial charge in [0.15, 0.2) is 0 Å². The highest BCUT2D eigenvalue weighted by Gasteiger charge is 2.37. The predicted octanol–water partition coefficient (Wildman–Crippen LogP) is 4.08. The van der Waals surface area contributed by atoms with E-state index in [1.807, 2.05) is 0 Å². The molecule has 5 rings (SSSR count). The van der Waals surface area contributed by atoms with Gasteiger partial charge in [-0.3, -0.25) is 14.5 Å². The number of hydrogen-bond acceptors (Lipinski definition) is 3. The number of amides is 2. The molecule has 0 radical (unpaired) electrons. The van der Waals surface area contributed by atoms with Crippen molar-refractivity contribution in [3.8, 4) is 0 Å². The molecule has 0 unspecified atom stereocenters. The Morgan fingerprint density at radius 3 is 2.61 bits per heavy atom.